The fourth-order valence-electron chi connectivity index (χ4n) is 2.03. The molecule has 0 bridgehead atoms. The Morgan fingerprint density at radius 2 is 1.64 bits per heavy atom. The molecule has 22 heavy (non-hydrogen) atoms. The summed E-state index contributed by atoms with van der Waals surface area (Å²) in [5.41, 5.74) is 3.94. The van der Waals surface area contributed by atoms with Crippen molar-refractivity contribution in [2.75, 3.05) is 6.61 Å². The van der Waals surface area contributed by atoms with Gasteiger partial charge < -0.3 is 9.63 Å². The summed E-state index contributed by atoms with van der Waals surface area (Å²) in [6, 6.07) is 18.1. The van der Waals surface area contributed by atoms with Crippen LogP contribution < -0.4 is 0 Å². The summed E-state index contributed by atoms with van der Waals surface area (Å²) in [6.45, 7) is 3.43. The molecule has 3 nitrogen and oxygen atoms in total. The topological polar surface area (TPSA) is 46.5 Å². The van der Waals surface area contributed by atoms with Crippen LogP contribution in [0, 0.1) is 11.6 Å². The summed E-state index contributed by atoms with van der Waals surface area (Å²) in [5.74, 6) is 2.85. The maximum atomic E-state index is 13.2. The van der Waals surface area contributed by atoms with Crippen molar-refractivity contribution < 1.29 is 14.2 Å². The minimum absolute atomic E-state index is 0.212. The van der Waals surface area contributed by atoms with Crippen molar-refractivity contribution >= 4 is 7.37 Å². The highest BCUT2D eigenvalue weighted by molar-refractivity contribution is 7.65. The summed E-state index contributed by atoms with van der Waals surface area (Å²) in [5, 5.41) is 9.16. The van der Waals surface area contributed by atoms with Gasteiger partial charge in [-0.15, -0.1) is 0 Å². The van der Waals surface area contributed by atoms with E-state index in [1.807, 2.05) is 36.4 Å². The molecule has 0 aromatic heterocycles. The Balaban J connectivity index is 2.45. The average Bonchev–Trinajstić information content (AvgIpc) is 2.55. The third kappa shape index (κ3) is 3.48. The second-order valence-electron chi connectivity index (χ2n) is 4.96. The molecule has 0 radical (unpaired) electrons. The SMILES string of the molecule is CCO[P@](=O)(C#Cc1ccccc1)[C@@](C)(O)c1ccccc1. The first-order valence-corrected chi connectivity index (χ1v) is 8.73. The summed E-state index contributed by atoms with van der Waals surface area (Å²) in [4.78, 5) is 0. The van der Waals surface area contributed by atoms with Gasteiger partial charge in [0.25, 0.3) is 0 Å². The summed E-state index contributed by atoms with van der Waals surface area (Å²) in [7, 11) is -3.62. The molecule has 0 saturated heterocycles. The van der Waals surface area contributed by atoms with E-state index in [0.717, 1.165) is 5.56 Å². The summed E-state index contributed by atoms with van der Waals surface area (Å²) >= 11 is 0. The van der Waals surface area contributed by atoms with Gasteiger partial charge in [0.15, 0.2) is 5.34 Å². The van der Waals surface area contributed by atoms with Crippen LogP contribution in [0.25, 0.3) is 0 Å². The largest absolute Gasteiger partial charge is 0.374 e. The lowest BCUT2D eigenvalue weighted by molar-refractivity contribution is 0.122. The van der Waals surface area contributed by atoms with Crippen molar-refractivity contribution in [2.24, 2.45) is 0 Å². The highest BCUT2D eigenvalue weighted by atomic mass is 31.2. The van der Waals surface area contributed by atoms with Gasteiger partial charge in [-0.25, -0.2) is 0 Å². The molecule has 0 amide bonds. The van der Waals surface area contributed by atoms with Crippen LogP contribution in [0.3, 0.4) is 0 Å². The maximum Gasteiger partial charge on any atom is 0.308 e. The molecule has 114 valence electrons. The fourth-order valence-corrected chi connectivity index (χ4v) is 3.69. The quantitative estimate of drug-likeness (QED) is 0.680. The van der Waals surface area contributed by atoms with Crippen LogP contribution >= 0.6 is 7.37 Å². The Morgan fingerprint density at radius 3 is 2.18 bits per heavy atom. The smallest absolute Gasteiger partial charge is 0.308 e. The van der Waals surface area contributed by atoms with Crippen LogP contribution in [0.2, 0.25) is 0 Å². The molecule has 2 rings (SSSR count). The fraction of sp³-hybridized carbons (Fsp3) is 0.222. The average molecular weight is 314 g/mol. The zero-order chi connectivity index (χ0) is 16.1. The van der Waals surface area contributed by atoms with E-state index in [0.29, 0.717) is 5.56 Å². The van der Waals surface area contributed by atoms with Crippen LogP contribution in [0.5, 0.6) is 0 Å². The standard InChI is InChI=1S/C18H19O3P/c1-3-21-22(20,15-14-16-10-6-4-7-11-16)18(2,19)17-12-8-5-9-13-17/h4-13,19H,3H2,1-2H3/t18-,22-/m1/s1. The third-order valence-corrected chi connectivity index (χ3v) is 5.76. The number of aliphatic hydroxyl groups is 1. The Kier molecular flexibility index (Phi) is 5.21. The molecule has 0 aliphatic carbocycles. The molecular weight excluding hydrogens is 295 g/mol. The Morgan fingerprint density at radius 1 is 1.09 bits per heavy atom. The molecule has 2 aromatic rings. The normalized spacial score (nSPS) is 16.0. The van der Waals surface area contributed by atoms with Crippen molar-refractivity contribution in [1.82, 2.24) is 0 Å². The van der Waals surface area contributed by atoms with Crippen molar-refractivity contribution in [3.8, 4) is 11.6 Å². The van der Waals surface area contributed by atoms with E-state index >= 15 is 0 Å². The van der Waals surface area contributed by atoms with Crippen LogP contribution in [0.15, 0.2) is 60.7 Å². The molecule has 0 aliphatic heterocycles. The van der Waals surface area contributed by atoms with Gasteiger partial charge in [0.05, 0.1) is 6.61 Å². The van der Waals surface area contributed by atoms with Crippen molar-refractivity contribution in [3.05, 3.63) is 71.8 Å². The van der Waals surface area contributed by atoms with Gasteiger partial charge in [0.2, 0.25) is 0 Å². The lowest BCUT2D eigenvalue weighted by Gasteiger charge is -2.29. The number of hydrogen-bond acceptors (Lipinski definition) is 3. The number of benzene rings is 2. The van der Waals surface area contributed by atoms with Crippen molar-refractivity contribution in [1.29, 1.82) is 0 Å². The van der Waals surface area contributed by atoms with Gasteiger partial charge in [-0.05, 0) is 37.2 Å². The van der Waals surface area contributed by atoms with Crippen LogP contribution in [-0.2, 0) is 14.4 Å². The van der Waals surface area contributed by atoms with E-state index < -0.39 is 12.7 Å². The lowest BCUT2D eigenvalue weighted by atomic mass is 10.1. The first-order valence-electron chi connectivity index (χ1n) is 7.10. The second-order valence-corrected chi connectivity index (χ2v) is 7.41. The minimum atomic E-state index is -3.62. The van der Waals surface area contributed by atoms with Gasteiger partial charge in [-0.1, -0.05) is 54.5 Å². The molecule has 0 fully saturated rings. The molecule has 2 atom stereocenters. The molecule has 0 unspecified atom stereocenters. The molecule has 1 N–H and O–H groups in total. The highest BCUT2D eigenvalue weighted by Gasteiger charge is 2.44. The van der Waals surface area contributed by atoms with Gasteiger partial charge in [0, 0.05) is 5.56 Å². The third-order valence-electron chi connectivity index (χ3n) is 3.33. The van der Waals surface area contributed by atoms with E-state index in [1.165, 1.54) is 6.92 Å². The van der Waals surface area contributed by atoms with Crippen molar-refractivity contribution in [3.63, 3.8) is 0 Å². The Labute approximate surface area is 131 Å². The maximum absolute atomic E-state index is 13.2. The Bertz CT molecular complexity index is 712. The molecule has 0 spiro atoms. The number of hydrogen-bond donors (Lipinski definition) is 1. The molecule has 0 heterocycles. The monoisotopic (exact) mass is 314 g/mol. The first-order chi connectivity index (χ1) is 10.5. The molecule has 0 aliphatic rings. The molecule has 2 aromatic carbocycles. The molecule has 4 heteroatoms. The van der Waals surface area contributed by atoms with Gasteiger partial charge in [-0.3, -0.25) is 4.57 Å². The van der Waals surface area contributed by atoms with E-state index in [-0.39, 0.29) is 6.61 Å². The van der Waals surface area contributed by atoms with E-state index in [2.05, 4.69) is 11.6 Å². The van der Waals surface area contributed by atoms with E-state index in [9.17, 15) is 9.67 Å². The predicted octanol–water partition coefficient (Wildman–Crippen LogP) is 4.18. The lowest BCUT2D eigenvalue weighted by Crippen LogP contribution is -2.22. The van der Waals surface area contributed by atoms with E-state index in [1.54, 1.807) is 31.2 Å². The van der Waals surface area contributed by atoms with Gasteiger partial charge >= 0.3 is 7.37 Å². The number of rotatable bonds is 4. The highest BCUT2D eigenvalue weighted by Crippen LogP contribution is 2.61. The molecular formula is C18H19O3P. The Hall–Kier alpha value is -1.85. The van der Waals surface area contributed by atoms with Crippen LogP contribution in [0.1, 0.15) is 25.0 Å². The second kappa shape index (κ2) is 6.94. The van der Waals surface area contributed by atoms with Gasteiger partial charge in [-0.2, -0.15) is 0 Å². The summed E-state index contributed by atoms with van der Waals surface area (Å²) in [6.07, 6.45) is 0. The molecule has 0 saturated carbocycles. The van der Waals surface area contributed by atoms with Gasteiger partial charge in [0.1, 0.15) is 0 Å². The minimum Gasteiger partial charge on any atom is -0.374 e. The van der Waals surface area contributed by atoms with Crippen LogP contribution in [-0.4, -0.2) is 11.7 Å². The zero-order valence-corrected chi connectivity index (χ0v) is 13.6. The zero-order valence-electron chi connectivity index (χ0n) is 12.7. The van der Waals surface area contributed by atoms with E-state index in [4.69, 9.17) is 4.52 Å². The van der Waals surface area contributed by atoms with Crippen molar-refractivity contribution in [2.45, 2.75) is 19.2 Å². The predicted molar refractivity (Wildman–Crippen MR) is 88.6 cm³/mol. The van der Waals surface area contributed by atoms with Crippen LogP contribution in [0.4, 0.5) is 0 Å². The summed E-state index contributed by atoms with van der Waals surface area (Å²) < 4.78 is 18.6. The first kappa shape index (κ1) is 16.5.